The van der Waals surface area contributed by atoms with Crippen LogP contribution in [0.15, 0.2) is 47.2 Å². The first-order chi connectivity index (χ1) is 15.4. The number of fused-ring (bicyclic) bond motifs is 1. The average molecular weight is 436 g/mol. The van der Waals surface area contributed by atoms with Crippen LogP contribution in [0.25, 0.3) is 17.0 Å². The minimum Gasteiger partial charge on any atom is -0.465 e. The molecule has 1 fully saturated rings. The monoisotopic (exact) mass is 436 g/mol. The second-order valence-electron chi connectivity index (χ2n) is 7.54. The van der Waals surface area contributed by atoms with E-state index in [2.05, 4.69) is 20.4 Å². The van der Waals surface area contributed by atoms with Gasteiger partial charge in [-0.15, -0.1) is 0 Å². The number of likely N-dealkylation sites (tertiary alicyclic amines) is 1. The van der Waals surface area contributed by atoms with Gasteiger partial charge in [0.2, 0.25) is 11.7 Å². The van der Waals surface area contributed by atoms with Crippen molar-refractivity contribution in [1.82, 2.24) is 24.4 Å². The Morgan fingerprint density at radius 1 is 1.25 bits per heavy atom. The lowest BCUT2D eigenvalue weighted by atomic mass is 10.0. The number of nitrogens with zero attached hydrogens (tertiary/aromatic N) is 5. The number of aromatic nitrogens is 4. The fraction of sp³-hybridized carbons (Fsp3) is 0.190. The van der Waals surface area contributed by atoms with E-state index in [4.69, 9.17) is 9.63 Å². The summed E-state index contributed by atoms with van der Waals surface area (Å²) in [5, 5.41) is 15.8. The van der Waals surface area contributed by atoms with E-state index in [9.17, 15) is 14.0 Å². The molecule has 1 saturated heterocycles. The van der Waals surface area contributed by atoms with Gasteiger partial charge >= 0.3 is 6.09 Å². The number of anilines is 1. The molecule has 0 radical (unpaired) electrons. The highest BCUT2D eigenvalue weighted by molar-refractivity contribution is 6.04. The fourth-order valence-corrected chi connectivity index (χ4v) is 3.51. The maximum Gasteiger partial charge on any atom is 0.407 e. The van der Waals surface area contributed by atoms with Crippen molar-refractivity contribution >= 4 is 23.3 Å². The first kappa shape index (κ1) is 19.7. The molecule has 1 aliphatic rings. The van der Waals surface area contributed by atoms with Gasteiger partial charge in [0, 0.05) is 30.5 Å². The van der Waals surface area contributed by atoms with Crippen LogP contribution in [0.5, 0.6) is 0 Å². The average Bonchev–Trinajstić information content (AvgIpc) is 3.35. The minimum atomic E-state index is -0.978. The van der Waals surface area contributed by atoms with E-state index in [0.29, 0.717) is 41.7 Å². The summed E-state index contributed by atoms with van der Waals surface area (Å²) in [7, 11) is 0. The van der Waals surface area contributed by atoms with Crippen LogP contribution in [-0.2, 0) is 0 Å². The summed E-state index contributed by atoms with van der Waals surface area (Å²) in [6, 6.07) is 8.09. The van der Waals surface area contributed by atoms with Crippen molar-refractivity contribution in [2.75, 3.05) is 18.4 Å². The van der Waals surface area contributed by atoms with E-state index in [1.807, 2.05) is 13.0 Å². The molecule has 5 rings (SSSR count). The lowest BCUT2D eigenvalue weighted by Crippen LogP contribution is -2.47. The lowest BCUT2D eigenvalue weighted by Gasteiger charge is -2.34. The number of aryl methyl sites for hydroxylation is 1. The Morgan fingerprint density at radius 3 is 2.84 bits per heavy atom. The van der Waals surface area contributed by atoms with Crippen LogP contribution in [-0.4, -0.2) is 54.6 Å². The molecule has 0 atom stereocenters. The van der Waals surface area contributed by atoms with Crippen molar-refractivity contribution in [3.63, 3.8) is 0 Å². The maximum atomic E-state index is 13.6. The third-order valence-electron chi connectivity index (χ3n) is 5.39. The van der Waals surface area contributed by atoms with Gasteiger partial charge < -0.3 is 19.8 Å². The van der Waals surface area contributed by atoms with Crippen molar-refractivity contribution in [3.05, 3.63) is 65.7 Å². The van der Waals surface area contributed by atoms with E-state index in [-0.39, 0.29) is 11.6 Å². The summed E-state index contributed by atoms with van der Waals surface area (Å²) >= 11 is 0. The van der Waals surface area contributed by atoms with Gasteiger partial charge in [-0.2, -0.15) is 4.98 Å². The molecule has 4 heterocycles. The third kappa shape index (κ3) is 3.43. The number of rotatable bonds is 4. The molecule has 2 amide bonds. The molecule has 2 N–H and O–H groups in total. The number of nitrogens with one attached hydrogen (secondary N) is 1. The van der Waals surface area contributed by atoms with Gasteiger partial charge in [-0.3, -0.25) is 9.20 Å². The Hall–Kier alpha value is -4.28. The Balaban J connectivity index is 1.37. The smallest absolute Gasteiger partial charge is 0.407 e. The van der Waals surface area contributed by atoms with Crippen LogP contribution in [0.4, 0.5) is 14.9 Å². The zero-order valence-corrected chi connectivity index (χ0v) is 16.8. The second kappa shape index (κ2) is 7.45. The number of hydrogen-bond acceptors (Lipinski definition) is 6. The maximum absolute atomic E-state index is 13.6. The first-order valence-electron chi connectivity index (χ1n) is 9.75. The fourth-order valence-electron chi connectivity index (χ4n) is 3.51. The largest absolute Gasteiger partial charge is 0.465 e. The number of hydrogen-bond donors (Lipinski definition) is 2. The summed E-state index contributed by atoms with van der Waals surface area (Å²) in [6.45, 7) is 2.46. The molecule has 3 aromatic heterocycles. The molecule has 0 spiro atoms. The van der Waals surface area contributed by atoms with Gasteiger partial charge in [0.1, 0.15) is 17.2 Å². The summed E-state index contributed by atoms with van der Waals surface area (Å²) in [6.07, 6.45) is 1.61. The number of carboxylic acid groups (broad SMARTS) is 1. The first-order valence-corrected chi connectivity index (χ1v) is 9.75. The predicted molar refractivity (Wildman–Crippen MR) is 110 cm³/mol. The highest BCUT2D eigenvalue weighted by Crippen LogP contribution is 2.29. The molecule has 4 aromatic rings. The normalized spacial score (nSPS) is 13.9. The number of carbonyl (C=O) groups is 2. The number of amides is 2. The minimum absolute atomic E-state index is 0.132. The summed E-state index contributed by atoms with van der Waals surface area (Å²) in [5.74, 6) is -0.348. The van der Waals surface area contributed by atoms with E-state index in [1.165, 1.54) is 33.8 Å². The topological polar surface area (TPSA) is 126 Å². The Morgan fingerprint density at radius 2 is 2.06 bits per heavy atom. The number of imidazole rings is 1. The van der Waals surface area contributed by atoms with Gasteiger partial charge in [0.15, 0.2) is 0 Å². The molecule has 10 nitrogen and oxygen atoms in total. The molecule has 11 heteroatoms. The molecule has 0 saturated carbocycles. The Labute approximate surface area is 180 Å². The number of halogens is 1. The third-order valence-corrected chi connectivity index (χ3v) is 5.39. The molecule has 0 unspecified atom stereocenters. The van der Waals surface area contributed by atoms with Crippen LogP contribution in [0.3, 0.4) is 0 Å². The highest BCUT2D eigenvalue weighted by atomic mass is 19.1. The molecule has 162 valence electrons. The van der Waals surface area contributed by atoms with Gasteiger partial charge in [-0.25, -0.2) is 14.2 Å². The van der Waals surface area contributed by atoms with E-state index < -0.39 is 17.8 Å². The molecule has 1 aliphatic heterocycles. The number of benzene rings is 1. The quantitative estimate of drug-likeness (QED) is 0.503. The number of pyridine rings is 1. The molecular weight excluding hydrogens is 419 g/mol. The zero-order chi connectivity index (χ0) is 22.4. The molecular formula is C21H17FN6O4. The van der Waals surface area contributed by atoms with Gasteiger partial charge in [0.25, 0.3) is 5.91 Å². The predicted octanol–water partition coefficient (Wildman–Crippen LogP) is 3.16. The summed E-state index contributed by atoms with van der Waals surface area (Å²) in [5.41, 5.74) is 2.62. The zero-order valence-electron chi connectivity index (χ0n) is 16.8. The van der Waals surface area contributed by atoms with Crippen molar-refractivity contribution < 1.29 is 23.6 Å². The van der Waals surface area contributed by atoms with E-state index >= 15 is 0 Å². The standard InChI is InChI=1S/C21H17FN6O4/c1-11-2-3-12(18-25-20(32-26-18)13-8-27(9-13)21(30)31)6-15(11)24-19(29)16-7-23-17-5-4-14(22)10-28(16)17/h2-7,10,13H,8-9H2,1H3,(H,24,29)(H,30,31). The summed E-state index contributed by atoms with van der Waals surface area (Å²) in [4.78, 5) is 33.5. The Bertz CT molecular complexity index is 1360. The van der Waals surface area contributed by atoms with E-state index in [1.54, 1.807) is 12.1 Å². The van der Waals surface area contributed by atoms with Crippen LogP contribution >= 0.6 is 0 Å². The highest BCUT2D eigenvalue weighted by Gasteiger charge is 2.35. The number of carbonyl (C=O) groups excluding carboxylic acids is 1. The van der Waals surface area contributed by atoms with Gasteiger partial charge in [-0.05, 0) is 30.7 Å². The van der Waals surface area contributed by atoms with Gasteiger partial charge in [-0.1, -0.05) is 17.3 Å². The molecule has 0 aliphatic carbocycles. The molecule has 32 heavy (non-hydrogen) atoms. The van der Waals surface area contributed by atoms with Crippen LogP contribution in [0.2, 0.25) is 0 Å². The SMILES string of the molecule is Cc1ccc(-c2noc(C3CN(C(=O)O)C3)n2)cc1NC(=O)c1cnc2ccc(F)cn12. The second-order valence-corrected chi connectivity index (χ2v) is 7.54. The van der Waals surface area contributed by atoms with Crippen molar-refractivity contribution in [2.24, 2.45) is 0 Å². The van der Waals surface area contributed by atoms with Crippen molar-refractivity contribution in [3.8, 4) is 11.4 Å². The van der Waals surface area contributed by atoms with Crippen molar-refractivity contribution in [2.45, 2.75) is 12.8 Å². The molecule has 0 bridgehead atoms. The molecule has 1 aromatic carbocycles. The van der Waals surface area contributed by atoms with Crippen LogP contribution in [0, 0.1) is 12.7 Å². The van der Waals surface area contributed by atoms with Crippen LogP contribution < -0.4 is 5.32 Å². The van der Waals surface area contributed by atoms with E-state index in [0.717, 1.165) is 5.56 Å². The van der Waals surface area contributed by atoms with Gasteiger partial charge in [0.05, 0.1) is 12.1 Å². The lowest BCUT2D eigenvalue weighted by molar-refractivity contribution is 0.0958. The summed E-state index contributed by atoms with van der Waals surface area (Å²) < 4.78 is 20.3. The van der Waals surface area contributed by atoms with Crippen molar-refractivity contribution in [1.29, 1.82) is 0 Å². The Kier molecular flexibility index (Phi) is 4.58. The van der Waals surface area contributed by atoms with Crippen LogP contribution in [0.1, 0.15) is 27.9 Å².